The molecule has 0 radical (unpaired) electrons. The van der Waals surface area contributed by atoms with Crippen LogP contribution in [0.2, 0.25) is 0 Å². The molecule has 0 heterocycles. The van der Waals surface area contributed by atoms with Crippen LogP contribution in [-0.2, 0) is 0 Å². The van der Waals surface area contributed by atoms with Gasteiger partial charge in [0.1, 0.15) is 0 Å². The van der Waals surface area contributed by atoms with E-state index < -0.39 is 0 Å². The number of allylic oxidation sites excluding steroid dienone is 1. The van der Waals surface area contributed by atoms with E-state index in [2.05, 4.69) is 24.6 Å². The van der Waals surface area contributed by atoms with E-state index in [1.165, 1.54) is 19.3 Å². The molecule has 0 rings (SSSR count). The first-order chi connectivity index (χ1) is 5.41. The van der Waals surface area contributed by atoms with Gasteiger partial charge < -0.3 is 5.32 Å². The molecule has 0 saturated carbocycles. The van der Waals surface area contributed by atoms with E-state index >= 15 is 0 Å². The molecule has 11 heavy (non-hydrogen) atoms. The predicted molar refractivity (Wildman–Crippen MR) is 50.7 cm³/mol. The third-order valence-corrected chi connectivity index (χ3v) is 1.60. The quantitative estimate of drug-likeness (QED) is 0.437. The lowest BCUT2D eigenvalue weighted by atomic mass is 10.2. The highest BCUT2D eigenvalue weighted by Crippen LogP contribution is 1.98. The lowest BCUT2D eigenvalue weighted by Gasteiger charge is -1.99. The maximum atomic E-state index is 3.52. The van der Waals surface area contributed by atoms with Crippen LogP contribution in [0.15, 0.2) is 18.4 Å². The van der Waals surface area contributed by atoms with Crippen LogP contribution in [0.25, 0.3) is 0 Å². The van der Waals surface area contributed by atoms with E-state index in [1.54, 1.807) is 0 Å². The second-order valence-electron chi connectivity index (χ2n) is 2.61. The van der Waals surface area contributed by atoms with Gasteiger partial charge in [-0.25, -0.2) is 0 Å². The first-order valence-electron chi connectivity index (χ1n) is 4.46. The molecule has 0 aromatic carbocycles. The molecule has 1 N–H and O–H groups in total. The number of nitrogens with one attached hydrogen (secondary N) is 1. The van der Waals surface area contributed by atoms with Crippen molar-refractivity contribution in [1.29, 1.82) is 0 Å². The third-order valence-electron chi connectivity index (χ3n) is 1.60. The molecule has 0 aliphatic heterocycles. The smallest absolute Gasteiger partial charge is 0.00490 e. The van der Waals surface area contributed by atoms with Gasteiger partial charge in [-0.05, 0) is 38.4 Å². The number of rotatable bonds is 7. The Balaban J connectivity index is 2.84. The van der Waals surface area contributed by atoms with Crippen molar-refractivity contribution in [2.45, 2.75) is 32.6 Å². The monoisotopic (exact) mass is 153 g/mol. The highest BCUT2D eigenvalue weighted by Gasteiger charge is 1.85. The largest absolute Gasteiger partial charge is 0.317 e. The van der Waals surface area contributed by atoms with Crippen molar-refractivity contribution in [2.24, 2.45) is 0 Å². The van der Waals surface area contributed by atoms with Crippen molar-refractivity contribution in [3.63, 3.8) is 0 Å². The molecule has 0 aliphatic rings. The molecule has 0 atom stereocenters. The van der Waals surface area contributed by atoms with Crippen LogP contribution in [-0.4, -0.2) is 13.1 Å². The molecular formula is C10H19N. The average Bonchev–Trinajstić information content (AvgIpc) is 2.03. The molecule has 0 spiro atoms. The van der Waals surface area contributed by atoms with Crippen LogP contribution < -0.4 is 5.32 Å². The van der Waals surface area contributed by atoms with Crippen molar-refractivity contribution in [3.05, 3.63) is 18.4 Å². The van der Waals surface area contributed by atoms with Gasteiger partial charge in [0.05, 0.1) is 0 Å². The molecule has 0 aromatic heterocycles. The van der Waals surface area contributed by atoms with E-state index in [9.17, 15) is 0 Å². The third kappa shape index (κ3) is 9.48. The van der Waals surface area contributed by atoms with Gasteiger partial charge in [0.25, 0.3) is 0 Å². The molecule has 1 nitrogen and oxygen atoms in total. The average molecular weight is 153 g/mol. The van der Waals surface area contributed by atoms with Gasteiger partial charge in [-0.2, -0.15) is 0 Å². The molecular weight excluding hydrogens is 134 g/mol. The van der Waals surface area contributed by atoms with Crippen LogP contribution in [0, 0.1) is 0 Å². The summed E-state index contributed by atoms with van der Waals surface area (Å²) < 4.78 is 0. The Hall–Kier alpha value is -0.520. The van der Waals surface area contributed by atoms with Gasteiger partial charge in [-0.15, -0.1) is 5.73 Å². The van der Waals surface area contributed by atoms with Crippen LogP contribution in [0.3, 0.4) is 0 Å². The summed E-state index contributed by atoms with van der Waals surface area (Å²) in [7, 11) is 0. The summed E-state index contributed by atoms with van der Waals surface area (Å²) in [5.74, 6) is 0. The van der Waals surface area contributed by atoms with Crippen LogP contribution in [0.1, 0.15) is 32.6 Å². The fourth-order valence-corrected chi connectivity index (χ4v) is 0.952. The summed E-state index contributed by atoms with van der Waals surface area (Å²) in [6.45, 7) is 7.91. The Bertz CT molecular complexity index is 112. The van der Waals surface area contributed by atoms with Crippen LogP contribution in [0.5, 0.6) is 0 Å². The Kier molecular flexibility index (Phi) is 9.03. The van der Waals surface area contributed by atoms with Gasteiger partial charge in [0.15, 0.2) is 0 Å². The Morgan fingerprint density at radius 3 is 2.82 bits per heavy atom. The van der Waals surface area contributed by atoms with E-state index in [1.807, 2.05) is 6.08 Å². The minimum atomic E-state index is 1.09. The minimum Gasteiger partial charge on any atom is -0.317 e. The van der Waals surface area contributed by atoms with E-state index in [-0.39, 0.29) is 0 Å². The molecule has 0 aliphatic carbocycles. The zero-order valence-electron chi connectivity index (χ0n) is 7.53. The SMILES string of the molecule is C=C=CCCCCCNCC. The minimum absolute atomic E-state index is 1.09. The maximum Gasteiger partial charge on any atom is -0.00490 e. The first kappa shape index (κ1) is 10.5. The highest BCUT2D eigenvalue weighted by molar-refractivity contribution is 4.74. The highest BCUT2D eigenvalue weighted by atomic mass is 14.8. The van der Waals surface area contributed by atoms with Crippen molar-refractivity contribution in [1.82, 2.24) is 5.32 Å². The molecule has 0 bridgehead atoms. The van der Waals surface area contributed by atoms with Gasteiger partial charge >= 0.3 is 0 Å². The molecule has 0 fully saturated rings. The standard InChI is InChI=1S/C10H19N/c1-3-5-6-7-8-9-10-11-4-2/h5,11H,1,4,6-10H2,2H3. The number of hydrogen-bond donors (Lipinski definition) is 1. The molecule has 64 valence electrons. The second kappa shape index (κ2) is 9.48. The second-order valence-corrected chi connectivity index (χ2v) is 2.61. The van der Waals surface area contributed by atoms with Crippen molar-refractivity contribution in [3.8, 4) is 0 Å². The van der Waals surface area contributed by atoms with Gasteiger partial charge in [0.2, 0.25) is 0 Å². The molecule has 0 amide bonds. The number of hydrogen-bond acceptors (Lipinski definition) is 1. The molecule has 0 unspecified atom stereocenters. The summed E-state index contributed by atoms with van der Waals surface area (Å²) in [6.07, 6.45) is 7.01. The van der Waals surface area contributed by atoms with E-state index in [4.69, 9.17) is 0 Å². The first-order valence-corrected chi connectivity index (χ1v) is 4.46. The fourth-order valence-electron chi connectivity index (χ4n) is 0.952. The number of unbranched alkanes of at least 4 members (excludes halogenated alkanes) is 3. The fraction of sp³-hybridized carbons (Fsp3) is 0.700. The van der Waals surface area contributed by atoms with Crippen molar-refractivity contribution in [2.75, 3.05) is 13.1 Å². The van der Waals surface area contributed by atoms with E-state index in [0.29, 0.717) is 0 Å². The normalized spacial score (nSPS) is 9.18. The molecule has 1 heteroatoms. The summed E-state index contributed by atoms with van der Waals surface area (Å²) in [5.41, 5.74) is 2.78. The zero-order valence-corrected chi connectivity index (χ0v) is 7.53. The Morgan fingerprint density at radius 1 is 1.36 bits per heavy atom. The lowest BCUT2D eigenvalue weighted by molar-refractivity contribution is 0.620. The molecule has 0 saturated heterocycles. The van der Waals surface area contributed by atoms with Gasteiger partial charge in [-0.1, -0.05) is 19.9 Å². The van der Waals surface area contributed by atoms with Gasteiger partial charge in [-0.3, -0.25) is 0 Å². The lowest BCUT2D eigenvalue weighted by Crippen LogP contribution is -2.13. The topological polar surface area (TPSA) is 12.0 Å². The summed E-state index contributed by atoms with van der Waals surface area (Å²) in [6, 6.07) is 0. The van der Waals surface area contributed by atoms with Gasteiger partial charge in [0, 0.05) is 0 Å². The van der Waals surface area contributed by atoms with Crippen molar-refractivity contribution >= 4 is 0 Å². The van der Waals surface area contributed by atoms with Crippen molar-refractivity contribution < 1.29 is 0 Å². The summed E-state index contributed by atoms with van der Waals surface area (Å²) in [4.78, 5) is 0. The molecule has 0 aromatic rings. The predicted octanol–water partition coefficient (Wildman–Crippen LogP) is 2.50. The van der Waals surface area contributed by atoms with Crippen LogP contribution in [0.4, 0.5) is 0 Å². The Labute approximate surface area is 70.2 Å². The Morgan fingerprint density at radius 2 is 2.18 bits per heavy atom. The van der Waals surface area contributed by atoms with E-state index in [0.717, 1.165) is 19.5 Å². The van der Waals surface area contributed by atoms with Crippen LogP contribution >= 0.6 is 0 Å². The summed E-state index contributed by atoms with van der Waals surface area (Å²) in [5, 5.41) is 3.30. The maximum absolute atomic E-state index is 3.52. The summed E-state index contributed by atoms with van der Waals surface area (Å²) >= 11 is 0. The zero-order chi connectivity index (χ0) is 8.36.